The molecule has 1 amide bonds. The lowest BCUT2D eigenvalue weighted by atomic mass is 9.77. The van der Waals surface area contributed by atoms with Crippen molar-refractivity contribution in [3.05, 3.63) is 69.8 Å². The quantitative estimate of drug-likeness (QED) is 0.489. The number of anilines is 1. The summed E-state index contributed by atoms with van der Waals surface area (Å²) in [6.45, 7) is 0.705. The van der Waals surface area contributed by atoms with E-state index in [1.54, 1.807) is 11.8 Å². The van der Waals surface area contributed by atoms with Crippen molar-refractivity contribution in [2.24, 2.45) is 0 Å². The third-order valence-corrected chi connectivity index (χ3v) is 7.34. The van der Waals surface area contributed by atoms with Crippen LogP contribution in [0.15, 0.2) is 53.4 Å². The van der Waals surface area contributed by atoms with E-state index in [2.05, 4.69) is 10.2 Å². The summed E-state index contributed by atoms with van der Waals surface area (Å²) >= 11 is 1.65. The molecule has 3 aliphatic rings. The van der Waals surface area contributed by atoms with Gasteiger partial charge in [0.25, 0.3) is 11.9 Å². The Balaban J connectivity index is 1.72. The Kier molecular flexibility index (Phi) is 4.00. The number of para-hydroxylation sites is 1. The Morgan fingerprint density at radius 2 is 1.96 bits per heavy atom. The van der Waals surface area contributed by atoms with Crippen LogP contribution in [0.3, 0.4) is 0 Å². The molecular weight excluding hydrogens is 374 g/mol. The summed E-state index contributed by atoms with van der Waals surface area (Å²) in [5.74, 6) is -0.573. The first-order chi connectivity index (χ1) is 13.6. The van der Waals surface area contributed by atoms with Gasteiger partial charge in [-0.05, 0) is 42.9 Å². The van der Waals surface area contributed by atoms with Gasteiger partial charge < -0.3 is 5.32 Å². The van der Waals surface area contributed by atoms with E-state index in [9.17, 15) is 14.9 Å². The van der Waals surface area contributed by atoms with Gasteiger partial charge >= 0.3 is 0 Å². The van der Waals surface area contributed by atoms with Crippen LogP contribution in [0, 0.1) is 10.1 Å². The average Bonchev–Trinajstić information content (AvgIpc) is 3.35. The number of nitrogens with zero attached hydrogens (tertiary/aromatic N) is 2. The second-order valence-corrected chi connectivity index (χ2v) is 8.58. The highest BCUT2D eigenvalue weighted by molar-refractivity contribution is 7.98. The Morgan fingerprint density at radius 1 is 1.21 bits per heavy atom. The molecule has 144 valence electrons. The molecule has 0 bridgehead atoms. The summed E-state index contributed by atoms with van der Waals surface area (Å²) in [6, 6.07) is 14.5. The normalized spacial score (nSPS) is 31.0. The molecule has 5 rings (SSSR count). The molecule has 7 heteroatoms. The van der Waals surface area contributed by atoms with Gasteiger partial charge in [-0.2, -0.15) is 0 Å². The van der Waals surface area contributed by atoms with Crippen LogP contribution in [0.25, 0.3) is 0 Å². The molecule has 2 fully saturated rings. The number of hydrogen-bond donors (Lipinski definition) is 1. The van der Waals surface area contributed by atoms with Gasteiger partial charge in [0.2, 0.25) is 0 Å². The van der Waals surface area contributed by atoms with Crippen LogP contribution in [-0.2, 0) is 10.3 Å². The molecule has 1 spiro atoms. The minimum Gasteiger partial charge on any atom is -0.324 e. The van der Waals surface area contributed by atoms with Crippen LogP contribution in [-0.4, -0.2) is 40.6 Å². The molecule has 0 aromatic heterocycles. The molecule has 6 nitrogen and oxygen atoms in total. The van der Waals surface area contributed by atoms with Gasteiger partial charge in [-0.1, -0.05) is 30.3 Å². The van der Waals surface area contributed by atoms with E-state index in [4.69, 9.17) is 0 Å². The van der Waals surface area contributed by atoms with Crippen molar-refractivity contribution < 1.29 is 9.72 Å². The van der Waals surface area contributed by atoms with Crippen LogP contribution in [0.4, 0.5) is 5.69 Å². The number of nitrogens with one attached hydrogen (secondary N) is 1. The maximum atomic E-state index is 13.3. The minimum atomic E-state index is -1.23. The minimum absolute atomic E-state index is 0.00700. The fourth-order valence-electron chi connectivity index (χ4n) is 5.60. The summed E-state index contributed by atoms with van der Waals surface area (Å²) < 4.78 is 0. The molecule has 0 saturated carbocycles. The number of carbonyl (C=O) groups is 1. The van der Waals surface area contributed by atoms with Crippen LogP contribution < -0.4 is 5.32 Å². The van der Waals surface area contributed by atoms with Gasteiger partial charge in [-0.25, -0.2) is 0 Å². The fraction of sp³-hybridized carbons (Fsp3) is 0.381. The van der Waals surface area contributed by atoms with Crippen molar-refractivity contribution in [1.82, 2.24) is 4.90 Å². The van der Waals surface area contributed by atoms with Crippen LogP contribution in [0.2, 0.25) is 0 Å². The van der Waals surface area contributed by atoms with Gasteiger partial charge in [0.15, 0.2) is 5.54 Å². The highest BCUT2D eigenvalue weighted by Crippen LogP contribution is 2.57. The summed E-state index contributed by atoms with van der Waals surface area (Å²) in [7, 11) is 0. The van der Waals surface area contributed by atoms with Crippen LogP contribution in [0.1, 0.15) is 29.9 Å². The molecule has 28 heavy (non-hydrogen) atoms. The largest absolute Gasteiger partial charge is 0.324 e. The predicted molar refractivity (Wildman–Crippen MR) is 108 cm³/mol. The molecule has 1 N–H and O–H groups in total. The number of benzene rings is 2. The Labute approximate surface area is 167 Å². The number of fused-ring (bicyclic) bond motifs is 4. The van der Waals surface area contributed by atoms with Crippen molar-refractivity contribution in [3.8, 4) is 0 Å². The second kappa shape index (κ2) is 6.32. The molecule has 4 atom stereocenters. The second-order valence-electron chi connectivity index (χ2n) is 7.70. The number of thioether (sulfide) groups is 1. The SMILES string of the molecule is CSc1ccc([C@@H]2[C@@H]3CCCN3[C@@]3(C(=O)Nc4ccccc43)[C@@H]2[N+](=O)[O-])cc1. The zero-order valence-corrected chi connectivity index (χ0v) is 16.3. The number of carbonyl (C=O) groups excluding carboxylic acids is 1. The number of nitro groups is 1. The van der Waals surface area contributed by atoms with E-state index in [1.807, 2.05) is 54.8 Å². The highest BCUT2D eigenvalue weighted by Gasteiger charge is 2.73. The highest BCUT2D eigenvalue weighted by atomic mass is 32.2. The van der Waals surface area contributed by atoms with Crippen molar-refractivity contribution in [2.45, 2.75) is 41.3 Å². The maximum Gasteiger partial charge on any atom is 0.256 e. The molecular formula is C21H21N3O3S. The van der Waals surface area contributed by atoms with Crippen LogP contribution in [0.5, 0.6) is 0 Å². The first-order valence-electron chi connectivity index (χ1n) is 9.54. The van der Waals surface area contributed by atoms with Crippen molar-refractivity contribution >= 4 is 23.4 Å². The molecule has 3 aliphatic heterocycles. The number of hydrogen-bond acceptors (Lipinski definition) is 5. The standard InChI is InChI=1S/C21H21N3O3S/c1-28-14-10-8-13(9-11-14)18-17-7-4-12-23(17)21(19(18)24(26)27)15-5-2-3-6-16(15)22-20(21)25/h2-3,5-6,8-11,17-19H,4,7,12H2,1H3,(H,22,25)/t17-,18+,19+,21+/m0/s1. The van der Waals surface area contributed by atoms with E-state index in [0.29, 0.717) is 12.2 Å². The van der Waals surface area contributed by atoms with Gasteiger partial charge in [0, 0.05) is 33.7 Å². The molecule has 0 unspecified atom stereocenters. The van der Waals surface area contributed by atoms with E-state index >= 15 is 0 Å². The molecule has 2 aromatic carbocycles. The topological polar surface area (TPSA) is 75.5 Å². The van der Waals surface area contributed by atoms with Crippen molar-refractivity contribution in [1.29, 1.82) is 0 Å². The Hall–Kier alpha value is -2.38. The van der Waals surface area contributed by atoms with Gasteiger partial charge in [-0.15, -0.1) is 11.8 Å². The monoisotopic (exact) mass is 395 g/mol. The van der Waals surface area contributed by atoms with E-state index < -0.39 is 11.6 Å². The van der Waals surface area contributed by atoms with E-state index in [0.717, 1.165) is 28.9 Å². The lowest BCUT2D eigenvalue weighted by Crippen LogP contribution is -2.55. The average molecular weight is 395 g/mol. The Morgan fingerprint density at radius 3 is 2.68 bits per heavy atom. The van der Waals surface area contributed by atoms with Crippen molar-refractivity contribution in [3.63, 3.8) is 0 Å². The van der Waals surface area contributed by atoms with Gasteiger partial charge in [0.05, 0.1) is 5.92 Å². The zero-order chi connectivity index (χ0) is 19.5. The van der Waals surface area contributed by atoms with Gasteiger partial charge in [-0.3, -0.25) is 19.8 Å². The number of amides is 1. The zero-order valence-electron chi connectivity index (χ0n) is 15.5. The lowest BCUT2D eigenvalue weighted by Gasteiger charge is -2.32. The molecule has 0 radical (unpaired) electrons. The molecule has 2 aromatic rings. The Bertz CT molecular complexity index is 964. The fourth-order valence-corrected chi connectivity index (χ4v) is 6.01. The van der Waals surface area contributed by atoms with E-state index in [1.165, 1.54) is 0 Å². The molecule has 2 saturated heterocycles. The summed E-state index contributed by atoms with van der Waals surface area (Å²) in [5, 5.41) is 15.4. The summed E-state index contributed by atoms with van der Waals surface area (Å²) in [4.78, 5) is 28.8. The third-order valence-electron chi connectivity index (χ3n) is 6.59. The third kappa shape index (κ3) is 2.17. The van der Waals surface area contributed by atoms with Gasteiger partial charge in [0.1, 0.15) is 0 Å². The maximum absolute atomic E-state index is 13.3. The van der Waals surface area contributed by atoms with Crippen molar-refractivity contribution in [2.75, 3.05) is 18.1 Å². The molecule has 0 aliphatic carbocycles. The predicted octanol–water partition coefficient (Wildman–Crippen LogP) is 3.46. The van der Waals surface area contributed by atoms with E-state index in [-0.39, 0.29) is 22.8 Å². The summed E-state index contributed by atoms with van der Waals surface area (Å²) in [6.07, 6.45) is 3.83. The first-order valence-corrected chi connectivity index (χ1v) is 10.8. The molecule has 3 heterocycles. The summed E-state index contributed by atoms with van der Waals surface area (Å²) in [5.41, 5.74) is 1.16. The van der Waals surface area contributed by atoms with Crippen LogP contribution >= 0.6 is 11.8 Å². The lowest BCUT2D eigenvalue weighted by molar-refractivity contribution is -0.534. The first kappa shape index (κ1) is 17.7. The smallest absolute Gasteiger partial charge is 0.256 e. The number of rotatable bonds is 3.